The summed E-state index contributed by atoms with van der Waals surface area (Å²) in [5.41, 5.74) is 2.38. The molecule has 0 spiro atoms. The molecule has 1 saturated carbocycles. The third-order valence-corrected chi connectivity index (χ3v) is 4.92. The maximum absolute atomic E-state index is 11.9. The Morgan fingerprint density at radius 2 is 1.86 bits per heavy atom. The highest BCUT2D eigenvalue weighted by atomic mass is 19.4. The van der Waals surface area contributed by atoms with Gasteiger partial charge in [0.2, 0.25) is 5.91 Å². The van der Waals surface area contributed by atoms with Gasteiger partial charge < -0.3 is 15.3 Å². The van der Waals surface area contributed by atoms with Crippen LogP contribution in [-0.4, -0.2) is 82.7 Å². The number of halogens is 3. The first-order chi connectivity index (χ1) is 13.6. The molecule has 2 N–H and O–H groups in total. The van der Waals surface area contributed by atoms with E-state index in [-0.39, 0.29) is 5.91 Å². The lowest BCUT2D eigenvalue weighted by atomic mass is 9.93. The summed E-state index contributed by atoms with van der Waals surface area (Å²) in [6.45, 7) is 2.26. The van der Waals surface area contributed by atoms with Crippen LogP contribution >= 0.6 is 0 Å². The van der Waals surface area contributed by atoms with E-state index < -0.39 is 12.1 Å². The van der Waals surface area contributed by atoms with Crippen LogP contribution in [0.4, 0.5) is 19.0 Å². The number of nitrogens with zero attached hydrogens (tertiary/aromatic N) is 4. The lowest BCUT2D eigenvalue weighted by Gasteiger charge is -2.28. The van der Waals surface area contributed by atoms with Crippen LogP contribution in [0.2, 0.25) is 0 Å². The number of carbonyl (C=O) groups is 2. The summed E-state index contributed by atoms with van der Waals surface area (Å²) in [6, 6.07) is 0.577. The molecule has 1 aromatic rings. The Morgan fingerprint density at radius 3 is 2.38 bits per heavy atom. The van der Waals surface area contributed by atoms with E-state index in [0.29, 0.717) is 12.6 Å². The molecule has 0 unspecified atom stereocenters. The van der Waals surface area contributed by atoms with Crippen molar-refractivity contribution in [3.63, 3.8) is 0 Å². The monoisotopic (exact) mass is 417 g/mol. The second-order valence-corrected chi connectivity index (χ2v) is 7.29. The first-order valence-electron chi connectivity index (χ1n) is 9.39. The fourth-order valence-corrected chi connectivity index (χ4v) is 2.93. The van der Waals surface area contributed by atoms with Crippen LogP contribution in [0, 0.1) is 0 Å². The van der Waals surface area contributed by atoms with Crippen LogP contribution in [0.15, 0.2) is 6.33 Å². The standard InChI is InChI=1S/C16H25N5O.C2HF3O2/c1-20(2)15(22)10-21-8-6-13-14(7-9-21)17-11-18-16(13)19-12-4-3-5-12;3-2(4,5)1(6)7/h11-12H,3-10H2,1-2H3,(H,17,18,19);(H,6,7). The number of hydrogen-bond donors (Lipinski definition) is 2. The van der Waals surface area contributed by atoms with E-state index >= 15 is 0 Å². The van der Waals surface area contributed by atoms with Gasteiger partial charge in [-0.2, -0.15) is 13.2 Å². The fourth-order valence-electron chi connectivity index (χ4n) is 2.93. The quantitative estimate of drug-likeness (QED) is 0.767. The van der Waals surface area contributed by atoms with Gasteiger partial charge in [-0.3, -0.25) is 9.69 Å². The molecule has 0 atom stereocenters. The SMILES string of the molecule is CN(C)C(=O)CN1CCc2ncnc(NC3CCC3)c2CC1.O=C(O)C(F)(F)F. The van der Waals surface area contributed by atoms with E-state index in [1.807, 2.05) is 0 Å². The highest BCUT2D eigenvalue weighted by Crippen LogP contribution is 2.26. The molecule has 2 heterocycles. The molecule has 8 nitrogen and oxygen atoms in total. The van der Waals surface area contributed by atoms with Crippen LogP contribution in [0.3, 0.4) is 0 Å². The van der Waals surface area contributed by atoms with Crippen molar-refractivity contribution in [2.24, 2.45) is 0 Å². The number of carboxylic acids is 1. The minimum Gasteiger partial charge on any atom is -0.475 e. The normalized spacial score (nSPS) is 17.1. The Labute approximate surface area is 167 Å². The number of hydrogen-bond acceptors (Lipinski definition) is 6. The molecule has 1 aliphatic carbocycles. The zero-order valence-corrected chi connectivity index (χ0v) is 16.5. The largest absolute Gasteiger partial charge is 0.490 e. The van der Waals surface area contributed by atoms with Crippen molar-refractivity contribution < 1.29 is 27.9 Å². The zero-order valence-electron chi connectivity index (χ0n) is 16.5. The van der Waals surface area contributed by atoms with Gasteiger partial charge in [-0.1, -0.05) is 0 Å². The smallest absolute Gasteiger partial charge is 0.475 e. The summed E-state index contributed by atoms with van der Waals surface area (Å²) < 4.78 is 31.7. The van der Waals surface area contributed by atoms with Gasteiger partial charge in [-0.25, -0.2) is 14.8 Å². The number of amides is 1. The van der Waals surface area contributed by atoms with Crippen molar-refractivity contribution in [1.82, 2.24) is 19.8 Å². The second-order valence-electron chi connectivity index (χ2n) is 7.29. The van der Waals surface area contributed by atoms with Gasteiger partial charge >= 0.3 is 12.1 Å². The molecule has 0 aromatic carbocycles. The van der Waals surface area contributed by atoms with Crippen molar-refractivity contribution >= 4 is 17.7 Å². The molecule has 162 valence electrons. The van der Waals surface area contributed by atoms with Crippen molar-refractivity contribution in [3.05, 3.63) is 17.6 Å². The Bertz CT molecular complexity index is 723. The summed E-state index contributed by atoms with van der Waals surface area (Å²) in [5.74, 6) is -1.59. The number of nitrogens with one attached hydrogen (secondary N) is 1. The summed E-state index contributed by atoms with van der Waals surface area (Å²) in [4.78, 5) is 33.6. The molecular formula is C18H26F3N5O3. The number of alkyl halides is 3. The first kappa shape index (κ1) is 22.9. The lowest BCUT2D eigenvalue weighted by Crippen LogP contribution is -2.37. The highest BCUT2D eigenvalue weighted by Gasteiger charge is 2.38. The molecule has 2 aliphatic rings. The molecular weight excluding hydrogens is 391 g/mol. The van der Waals surface area contributed by atoms with E-state index in [1.165, 1.54) is 24.8 Å². The van der Waals surface area contributed by atoms with Crippen molar-refractivity contribution in [1.29, 1.82) is 0 Å². The molecule has 11 heteroatoms. The summed E-state index contributed by atoms with van der Waals surface area (Å²) >= 11 is 0. The Kier molecular flexibility index (Phi) is 7.77. The average molecular weight is 417 g/mol. The van der Waals surface area contributed by atoms with Crippen molar-refractivity contribution in [2.75, 3.05) is 39.0 Å². The minimum atomic E-state index is -5.08. The second kappa shape index (κ2) is 9.86. The Morgan fingerprint density at radius 1 is 1.24 bits per heavy atom. The van der Waals surface area contributed by atoms with Crippen molar-refractivity contribution in [2.45, 2.75) is 44.3 Å². The Balaban J connectivity index is 0.000000370. The fraction of sp³-hybridized carbons (Fsp3) is 0.667. The molecule has 1 aliphatic heterocycles. The molecule has 0 radical (unpaired) electrons. The predicted molar refractivity (Wildman–Crippen MR) is 99.5 cm³/mol. The van der Waals surface area contributed by atoms with Gasteiger partial charge in [0, 0.05) is 45.2 Å². The maximum Gasteiger partial charge on any atom is 0.490 e. The van der Waals surface area contributed by atoms with E-state index in [0.717, 1.165) is 37.4 Å². The van der Waals surface area contributed by atoms with E-state index in [9.17, 15) is 18.0 Å². The van der Waals surface area contributed by atoms with Gasteiger partial charge in [0.25, 0.3) is 0 Å². The Hall–Kier alpha value is -2.43. The zero-order chi connectivity index (χ0) is 21.6. The van der Waals surface area contributed by atoms with E-state index in [1.54, 1.807) is 25.3 Å². The number of likely N-dealkylation sites (N-methyl/N-ethyl adjacent to an activating group) is 1. The number of carboxylic acid groups (broad SMARTS) is 1. The molecule has 1 aromatic heterocycles. The number of rotatable bonds is 4. The lowest BCUT2D eigenvalue weighted by molar-refractivity contribution is -0.192. The molecule has 29 heavy (non-hydrogen) atoms. The number of anilines is 1. The van der Waals surface area contributed by atoms with Crippen LogP contribution in [0.1, 0.15) is 30.5 Å². The first-order valence-corrected chi connectivity index (χ1v) is 9.39. The van der Waals surface area contributed by atoms with Gasteiger partial charge in [0.05, 0.1) is 12.2 Å². The van der Waals surface area contributed by atoms with Crippen LogP contribution in [-0.2, 0) is 22.4 Å². The molecule has 0 saturated heterocycles. The number of fused-ring (bicyclic) bond motifs is 1. The van der Waals surface area contributed by atoms with E-state index in [4.69, 9.17) is 9.90 Å². The van der Waals surface area contributed by atoms with Gasteiger partial charge in [-0.15, -0.1) is 0 Å². The average Bonchev–Trinajstić information content (AvgIpc) is 2.81. The third kappa shape index (κ3) is 6.84. The topological polar surface area (TPSA) is 98.7 Å². The van der Waals surface area contributed by atoms with Crippen molar-refractivity contribution in [3.8, 4) is 0 Å². The van der Waals surface area contributed by atoms with Gasteiger partial charge in [0.15, 0.2) is 0 Å². The summed E-state index contributed by atoms with van der Waals surface area (Å²) in [5, 5.41) is 10.7. The molecule has 0 bridgehead atoms. The number of aliphatic carboxylic acids is 1. The third-order valence-electron chi connectivity index (χ3n) is 4.92. The predicted octanol–water partition coefficient (Wildman–Crippen LogP) is 1.56. The molecule has 1 amide bonds. The van der Waals surface area contributed by atoms with Crippen LogP contribution < -0.4 is 5.32 Å². The number of carbonyl (C=O) groups excluding carboxylic acids is 1. The van der Waals surface area contributed by atoms with E-state index in [2.05, 4.69) is 20.2 Å². The summed E-state index contributed by atoms with van der Waals surface area (Å²) in [7, 11) is 3.61. The minimum absolute atomic E-state index is 0.157. The van der Waals surface area contributed by atoms with Gasteiger partial charge in [-0.05, 0) is 25.7 Å². The molecule has 1 fully saturated rings. The maximum atomic E-state index is 11.9. The number of aromatic nitrogens is 2. The van der Waals surface area contributed by atoms with Crippen LogP contribution in [0.25, 0.3) is 0 Å². The molecule has 3 rings (SSSR count). The van der Waals surface area contributed by atoms with Crippen LogP contribution in [0.5, 0.6) is 0 Å². The van der Waals surface area contributed by atoms with Gasteiger partial charge in [0.1, 0.15) is 12.1 Å². The highest BCUT2D eigenvalue weighted by molar-refractivity contribution is 5.77. The summed E-state index contributed by atoms with van der Waals surface area (Å²) in [6.07, 6.45) is 2.17.